The SMILES string of the molecule is CCCNC(=O)c1cccc(NC(CC)c2cccs2)c1. The summed E-state index contributed by atoms with van der Waals surface area (Å²) in [4.78, 5) is 13.3. The molecule has 21 heavy (non-hydrogen) atoms. The van der Waals surface area contributed by atoms with Gasteiger partial charge < -0.3 is 10.6 Å². The molecule has 0 spiro atoms. The summed E-state index contributed by atoms with van der Waals surface area (Å²) < 4.78 is 0. The quantitative estimate of drug-likeness (QED) is 0.793. The third-order valence-electron chi connectivity index (χ3n) is 3.30. The molecule has 0 aliphatic rings. The summed E-state index contributed by atoms with van der Waals surface area (Å²) in [5.74, 6) is -0.00956. The van der Waals surface area contributed by atoms with Gasteiger partial charge in [0.05, 0.1) is 6.04 Å². The molecule has 2 N–H and O–H groups in total. The van der Waals surface area contributed by atoms with Crippen molar-refractivity contribution in [2.24, 2.45) is 0 Å². The summed E-state index contributed by atoms with van der Waals surface area (Å²) in [6, 6.07) is 12.2. The van der Waals surface area contributed by atoms with E-state index in [0.717, 1.165) is 18.5 Å². The molecule has 0 saturated heterocycles. The first-order chi connectivity index (χ1) is 10.2. The molecule has 112 valence electrons. The minimum Gasteiger partial charge on any atom is -0.377 e. The Kier molecular flexibility index (Phi) is 5.81. The molecule has 1 aromatic heterocycles. The fourth-order valence-corrected chi connectivity index (χ4v) is 3.02. The minimum absolute atomic E-state index is 0.00956. The van der Waals surface area contributed by atoms with Crippen LogP contribution in [0.1, 0.15) is 48.0 Å². The Balaban J connectivity index is 2.08. The second-order valence-electron chi connectivity index (χ2n) is 4.96. The number of amides is 1. The molecule has 0 aliphatic heterocycles. The number of anilines is 1. The molecule has 2 aromatic rings. The molecule has 1 atom stereocenters. The number of benzene rings is 1. The zero-order chi connectivity index (χ0) is 15.1. The van der Waals surface area contributed by atoms with Crippen LogP contribution in [-0.4, -0.2) is 12.5 Å². The van der Waals surface area contributed by atoms with Crippen molar-refractivity contribution in [1.82, 2.24) is 5.32 Å². The molecular weight excluding hydrogens is 280 g/mol. The first-order valence-corrected chi connectivity index (χ1v) is 8.30. The van der Waals surface area contributed by atoms with E-state index in [1.165, 1.54) is 4.88 Å². The maximum Gasteiger partial charge on any atom is 0.251 e. The largest absolute Gasteiger partial charge is 0.377 e. The van der Waals surface area contributed by atoms with Crippen LogP contribution in [0.5, 0.6) is 0 Å². The van der Waals surface area contributed by atoms with Gasteiger partial charge in [0.25, 0.3) is 5.91 Å². The molecule has 3 nitrogen and oxygen atoms in total. The lowest BCUT2D eigenvalue weighted by Crippen LogP contribution is -2.24. The van der Waals surface area contributed by atoms with Gasteiger partial charge in [-0.1, -0.05) is 26.0 Å². The number of rotatable bonds is 7. The van der Waals surface area contributed by atoms with Crippen LogP contribution >= 0.6 is 11.3 Å². The van der Waals surface area contributed by atoms with Crippen LogP contribution in [0, 0.1) is 0 Å². The lowest BCUT2D eigenvalue weighted by molar-refractivity contribution is 0.0953. The van der Waals surface area contributed by atoms with Crippen LogP contribution in [0.2, 0.25) is 0 Å². The van der Waals surface area contributed by atoms with Crippen molar-refractivity contribution in [3.63, 3.8) is 0 Å². The average molecular weight is 302 g/mol. The number of thiophene rings is 1. The molecule has 0 aliphatic carbocycles. The number of carbonyl (C=O) groups is 1. The van der Waals surface area contributed by atoms with E-state index < -0.39 is 0 Å². The lowest BCUT2D eigenvalue weighted by atomic mass is 10.1. The van der Waals surface area contributed by atoms with Crippen molar-refractivity contribution in [1.29, 1.82) is 0 Å². The highest BCUT2D eigenvalue weighted by molar-refractivity contribution is 7.10. The van der Waals surface area contributed by atoms with Gasteiger partial charge >= 0.3 is 0 Å². The highest BCUT2D eigenvalue weighted by Gasteiger charge is 2.11. The summed E-state index contributed by atoms with van der Waals surface area (Å²) >= 11 is 1.75. The van der Waals surface area contributed by atoms with E-state index in [-0.39, 0.29) is 5.91 Å². The van der Waals surface area contributed by atoms with E-state index in [1.54, 1.807) is 11.3 Å². The summed E-state index contributed by atoms with van der Waals surface area (Å²) in [6.45, 7) is 4.92. The van der Waals surface area contributed by atoms with Gasteiger partial charge in [0.1, 0.15) is 0 Å². The van der Waals surface area contributed by atoms with Gasteiger partial charge in [-0.15, -0.1) is 11.3 Å². The fourth-order valence-electron chi connectivity index (χ4n) is 2.16. The number of carbonyl (C=O) groups excluding carboxylic acids is 1. The summed E-state index contributed by atoms with van der Waals surface area (Å²) in [5.41, 5.74) is 1.69. The Labute approximate surface area is 130 Å². The van der Waals surface area contributed by atoms with Crippen molar-refractivity contribution in [3.05, 3.63) is 52.2 Å². The molecule has 0 saturated carbocycles. The number of nitrogens with one attached hydrogen (secondary N) is 2. The van der Waals surface area contributed by atoms with Crippen LogP contribution in [-0.2, 0) is 0 Å². The molecule has 0 fully saturated rings. The van der Waals surface area contributed by atoms with Gasteiger partial charge in [-0.25, -0.2) is 0 Å². The van der Waals surface area contributed by atoms with Crippen LogP contribution < -0.4 is 10.6 Å². The van der Waals surface area contributed by atoms with Gasteiger partial charge in [-0.3, -0.25) is 4.79 Å². The first-order valence-electron chi connectivity index (χ1n) is 7.42. The summed E-state index contributed by atoms with van der Waals surface area (Å²) in [7, 11) is 0. The van der Waals surface area contributed by atoms with Crippen LogP contribution in [0.25, 0.3) is 0 Å². The summed E-state index contributed by atoms with van der Waals surface area (Å²) in [5, 5.41) is 8.51. The third kappa shape index (κ3) is 4.33. The first kappa shape index (κ1) is 15.6. The van der Waals surface area contributed by atoms with Gasteiger partial charge in [0.15, 0.2) is 0 Å². The smallest absolute Gasteiger partial charge is 0.251 e. The van der Waals surface area contributed by atoms with Crippen molar-refractivity contribution in [3.8, 4) is 0 Å². The molecular formula is C17H22N2OS. The van der Waals surface area contributed by atoms with E-state index in [9.17, 15) is 4.79 Å². The van der Waals surface area contributed by atoms with Gasteiger partial charge in [-0.2, -0.15) is 0 Å². The van der Waals surface area contributed by atoms with E-state index in [0.29, 0.717) is 18.2 Å². The Morgan fingerprint density at radius 2 is 2.10 bits per heavy atom. The monoisotopic (exact) mass is 302 g/mol. The number of hydrogen-bond acceptors (Lipinski definition) is 3. The molecule has 1 unspecified atom stereocenters. The Morgan fingerprint density at radius 1 is 1.24 bits per heavy atom. The molecule has 1 aromatic carbocycles. The van der Waals surface area contributed by atoms with Gasteiger partial charge in [0.2, 0.25) is 0 Å². The van der Waals surface area contributed by atoms with Crippen LogP contribution in [0.4, 0.5) is 5.69 Å². The molecule has 0 bridgehead atoms. The van der Waals surface area contributed by atoms with Crippen LogP contribution in [0.3, 0.4) is 0 Å². The van der Waals surface area contributed by atoms with Crippen molar-refractivity contribution < 1.29 is 4.79 Å². The highest BCUT2D eigenvalue weighted by Crippen LogP contribution is 2.26. The van der Waals surface area contributed by atoms with E-state index >= 15 is 0 Å². The minimum atomic E-state index is -0.00956. The second kappa shape index (κ2) is 7.84. The molecule has 4 heteroatoms. The Hall–Kier alpha value is -1.81. The zero-order valence-electron chi connectivity index (χ0n) is 12.6. The van der Waals surface area contributed by atoms with E-state index in [1.807, 2.05) is 31.2 Å². The van der Waals surface area contributed by atoms with Gasteiger partial charge in [-0.05, 0) is 42.5 Å². The van der Waals surface area contributed by atoms with E-state index in [2.05, 4.69) is 35.1 Å². The predicted molar refractivity (Wildman–Crippen MR) is 90.0 cm³/mol. The average Bonchev–Trinajstić information content (AvgIpc) is 3.04. The number of hydrogen-bond donors (Lipinski definition) is 2. The third-order valence-corrected chi connectivity index (χ3v) is 4.28. The van der Waals surface area contributed by atoms with E-state index in [4.69, 9.17) is 0 Å². The lowest BCUT2D eigenvalue weighted by Gasteiger charge is -2.17. The van der Waals surface area contributed by atoms with Crippen molar-refractivity contribution in [2.45, 2.75) is 32.7 Å². The fraction of sp³-hybridized carbons (Fsp3) is 0.353. The topological polar surface area (TPSA) is 41.1 Å². The zero-order valence-corrected chi connectivity index (χ0v) is 13.4. The maximum atomic E-state index is 12.0. The molecule has 2 rings (SSSR count). The Morgan fingerprint density at radius 3 is 2.76 bits per heavy atom. The summed E-state index contributed by atoms with van der Waals surface area (Å²) in [6.07, 6.45) is 1.95. The van der Waals surface area contributed by atoms with Gasteiger partial charge in [0, 0.05) is 22.7 Å². The second-order valence-corrected chi connectivity index (χ2v) is 5.94. The maximum absolute atomic E-state index is 12.0. The predicted octanol–water partition coefficient (Wildman–Crippen LogP) is 4.45. The highest BCUT2D eigenvalue weighted by atomic mass is 32.1. The molecule has 1 heterocycles. The normalized spacial score (nSPS) is 11.9. The standard InChI is InChI=1S/C17H22N2OS/c1-3-10-18-17(20)13-7-5-8-14(12-13)19-15(4-2)16-9-6-11-21-16/h5-9,11-12,15,19H,3-4,10H2,1-2H3,(H,18,20). The van der Waals surface area contributed by atoms with Crippen LogP contribution in [0.15, 0.2) is 41.8 Å². The Bertz CT molecular complexity index is 566. The molecule has 1 amide bonds. The van der Waals surface area contributed by atoms with Crippen molar-refractivity contribution >= 4 is 22.9 Å². The van der Waals surface area contributed by atoms with Crippen molar-refractivity contribution in [2.75, 3.05) is 11.9 Å². The molecule has 0 radical (unpaired) electrons.